The highest BCUT2D eigenvalue weighted by atomic mass is 14.7. The average molecular weight is 169 g/mol. The van der Waals surface area contributed by atoms with Gasteiger partial charge in [-0.3, -0.25) is 0 Å². The molecular formula is C11H23N. The molecule has 1 aliphatic rings. The summed E-state index contributed by atoms with van der Waals surface area (Å²) in [7, 11) is 0. The minimum atomic E-state index is 0.199. The van der Waals surface area contributed by atoms with Gasteiger partial charge in [0.05, 0.1) is 0 Å². The van der Waals surface area contributed by atoms with Gasteiger partial charge in [-0.15, -0.1) is 0 Å². The smallest absolute Gasteiger partial charge is 0.0151 e. The molecule has 0 aromatic heterocycles. The summed E-state index contributed by atoms with van der Waals surface area (Å²) in [6.45, 7) is 4.50. The van der Waals surface area contributed by atoms with Gasteiger partial charge in [0.1, 0.15) is 0 Å². The Bertz CT molecular complexity index is 123. The van der Waals surface area contributed by atoms with E-state index >= 15 is 0 Å². The molecule has 0 aliphatic heterocycles. The fraction of sp³-hybridized carbons (Fsp3) is 1.00. The highest BCUT2D eigenvalue weighted by molar-refractivity contribution is 4.88. The lowest BCUT2D eigenvalue weighted by Crippen LogP contribution is -2.42. The summed E-state index contributed by atoms with van der Waals surface area (Å²) in [6, 6.07) is 0. The SMILES string of the molecule is CCCC1CCC(N)(CC)CC1. The molecule has 1 rings (SSSR count). The highest BCUT2D eigenvalue weighted by Gasteiger charge is 2.29. The zero-order chi connectivity index (χ0) is 9.03. The quantitative estimate of drug-likeness (QED) is 0.690. The van der Waals surface area contributed by atoms with Crippen LogP contribution in [0.15, 0.2) is 0 Å². The maximum Gasteiger partial charge on any atom is 0.0151 e. The molecule has 0 saturated heterocycles. The first-order valence-corrected chi connectivity index (χ1v) is 5.49. The fourth-order valence-electron chi connectivity index (χ4n) is 2.30. The van der Waals surface area contributed by atoms with Crippen LogP contribution in [0.25, 0.3) is 0 Å². The minimum absolute atomic E-state index is 0.199. The van der Waals surface area contributed by atoms with Crippen molar-refractivity contribution in [3.63, 3.8) is 0 Å². The second-order valence-electron chi connectivity index (χ2n) is 4.45. The van der Waals surface area contributed by atoms with Crippen LogP contribution < -0.4 is 5.73 Å². The molecule has 1 aliphatic carbocycles. The van der Waals surface area contributed by atoms with Crippen LogP contribution in [0.5, 0.6) is 0 Å². The largest absolute Gasteiger partial charge is 0.325 e. The van der Waals surface area contributed by atoms with Crippen molar-refractivity contribution in [2.45, 2.75) is 64.3 Å². The van der Waals surface area contributed by atoms with Crippen LogP contribution in [0, 0.1) is 5.92 Å². The van der Waals surface area contributed by atoms with Gasteiger partial charge in [-0.1, -0.05) is 26.7 Å². The van der Waals surface area contributed by atoms with Crippen LogP contribution in [-0.2, 0) is 0 Å². The monoisotopic (exact) mass is 169 g/mol. The zero-order valence-corrected chi connectivity index (χ0v) is 8.60. The number of hydrogen-bond acceptors (Lipinski definition) is 1. The van der Waals surface area contributed by atoms with Crippen LogP contribution in [0.2, 0.25) is 0 Å². The van der Waals surface area contributed by atoms with E-state index in [1.54, 1.807) is 0 Å². The standard InChI is InChI=1S/C11H23N/c1-3-5-10-6-8-11(12,4-2)9-7-10/h10H,3-9,12H2,1-2H3. The lowest BCUT2D eigenvalue weighted by Gasteiger charge is -2.36. The van der Waals surface area contributed by atoms with Gasteiger partial charge >= 0.3 is 0 Å². The molecular weight excluding hydrogens is 146 g/mol. The van der Waals surface area contributed by atoms with Crippen molar-refractivity contribution in [1.82, 2.24) is 0 Å². The molecule has 0 aromatic carbocycles. The molecule has 1 heteroatoms. The summed E-state index contributed by atoms with van der Waals surface area (Å²) in [6.07, 6.45) is 9.18. The Hall–Kier alpha value is -0.0400. The van der Waals surface area contributed by atoms with Crippen molar-refractivity contribution in [3.05, 3.63) is 0 Å². The molecule has 1 fully saturated rings. The van der Waals surface area contributed by atoms with Crippen LogP contribution in [0.3, 0.4) is 0 Å². The van der Waals surface area contributed by atoms with Crippen LogP contribution in [0.4, 0.5) is 0 Å². The Labute approximate surface area is 76.7 Å². The van der Waals surface area contributed by atoms with Gasteiger partial charge in [-0.2, -0.15) is 0 Å². The molecule has 12 heavy (non-hydrogen) atoms. The Morgan fingerprint density at radius 2 is 1.83 bits per heavy atom. The summed E-state index contributed by atoms with van der Waals surface area (Å²) in [5.41, 5.74) is 6.42. The molecule has 0 heterocycles. The molecule has 0 unspecified atom stereocenters. The van der Waals surface area contributed by atoms with Gasteiger partial charge in [0.15, 0.2) is 0 Å². The topological polar surface area (TPSA) is 26.0 Å². The molecule has 0 amide bonds. The summed E-state index contributed by atoms with van der Waals surface area (Å²) >= 11 is 0. The normalized spacial score (nSPS) is 36.8. The summed E-state index contributed by atoms with van der Waals surface area (Å²) in [5, 5.41) is 0. The average Bonchev–Trinajstić information content (AvgIpc) is 2.10. The number of rotatable bonds is 3. The third-order valence-corrected chi connectivity index (χ3v) is 3.50. The number of hydrogen-bond donors (Lipinski definition) is 1. The van der Waals surface area contributed by atoms with Crippen molar-refractivity contribution >= 4 is 0 Å². The van der Waals surface area contributed by atoms with E-state index in [4.69, 9.17) is 5.73 Å². The highest BCUT2D eigenvalue weighted by Crippen LogP contribution is 2.34. The van der Waals surface area contributed by atoms with Gasteiger partial charge in [0.2, 0.25) is 0 Å². The lowest BCUT2D eigenvalue weighted by atomic mass is 9.74. The Kier molecular flexibility index (Phi) is 3.57. The molecule has 0 bridgehead atoms. The molecule has 1 nitrogen and oxygen atoms in total. The van der Waals surface area contributed by atoms with Gasteiger partial charge in [-0.25, -0.2) is 0 Å². The van der Waals surface area contributed by atoms with Crippen molar-refractivity contribution in [2.24, 2.45) is 11.7 Å². The third-order valence-electron chi connectivity index (χ3n) is 3.50. The van der Waals surface area contributed by atoms with E-state index in [1.165, 1.54) is 38.5 Å². The van der Waals surface area contributed by atoms with Crippen molar-refractivity contribution < 1.29 is 0 Å². The van der Waals surface area contributed by atoms with Crippen molar-refractivity contribution in [2.75, 3.05) is 0 Å². The molecule has 0 aromatic rings. The maximum absolute atomic E-state index is 6.22. The third kappa shape index (κ3) is 2.48. The van der Waals surface area contributed by atoms with E-state index in [-0.39, 0.29) is 5.54 Å². The summed E-state index contributed by atoms with van der Waals surface area (Å²) in [5.74, 6) is 0.984. The van der Waals surface area contributed by atoms with Gasteiger partial charge in [0.25, 0.3) is 0 Å². The summed E-state index contributed by atoms with van der Waals surface area (Å²) < 4.78 is 0. The van der Waals surface area contributed by atoms with Crippen molar-refractivity contribution in [1.29, 1.82) is 0 Å². The predicted octanol–water partition coefficient (Wildman–Crippen LogP) is 3.08. The van der Waals surface area contributed by atoms with E-state index < -0.39 is 0 Å². The summed E-state index contributed by atoms with van der Waals surface area (Å²) in [4.78, 5) is 0. The van der Waals surface area contributed by atoms with E-state index in [1.807, 2.05) is 0 Å². The van der Waals surface area contributed by atoms with E-state index in [2.05, 4.69) is 13.8 Å². The van der Waals surface area contributed by atoms with Crippen LogP contribution >= 0.6 is 0 Å². The molecule has 1 saturated carbocycles. The predicted molar refractivity (Wildman–Crippen MR) is 54.1 cm³/mol. The fourth-order valence-corrected chi connectivity index (χ4v) is 2.30. The van der Waals surface area contributed by atoms with Crippen LogP contribution in [0.1, 0.15) is 58.8 Å². The van der Waals surface area contributed by atoms with E-state index in [0.29, 0.717) is 0 Å². The minimum Gasteiger partial charge on any atom is -0.325 e. The van der Waals surface area contributed by atoms with Gasteiger partial charge < -0.3 is 5.73 Å². The molecule has 72 valence electrons. The number of nitrogens with two attached hydrogens (primary N) is 1. The van der Waals surface area contributed by atoms with E-state index in [9.17, 15) is 0 Å². The molecule has 2 N–H and O–H groups in total. The Balaban J connectivity index is 2.29. The van der Waals surface area contributed by atoms with Gasteiger partial charge in [-0.05, 0) is 38.0 Å². The first-order chi connectivity index (χ1) is 5.70. The molecule has 0 atom stereocenters. The first kappa shape index (κ1) is 10.0. The lowest BCUT2D eigenvalue weighted by molar-refractivity contribution is 0.219. The second kappa shape index (κ2) is 4.27. The molecule has 0 spiro atoms. The van der Waals surface area contributed by atoms with E-state index in [0.717, 1.165) is 12.3 Å². The maximum atomic E-state index is 6.22. The molecule has 0 radical (unpaired) electrons. The Morgan fingerprint density at radius 1 is 1.25 bits per heavy atom. The second-order valence-corrected chi connectivity index (χ2v) is 4.45. The van der Waals surface area contributed by atoms with Gasteiger partial charge in [0, 0.05) is 5.54 Å². The van der Waals surface area contributed by atoms with Crippen LogP contribution in [-0.4, -0.2) is 5.54 Å². The van der Waals surface area contributed by atoms with Crippen molar-refractivity contribution in [3.8, 4) is 0 Å². The Morgan fingerprint density at radius 3 is 2.25 bits per heavy atom. The zero-order valence-electron chi connectivity index (χ0n) is 8.60. The first-order valence-electron chi connectivity index (χ1n) is 5.49.